The summed E-state index contributed by atoms with van der Waals surface area (Å²) in [4.78, 5) is 0. The van der Waals surface area contributed by atoms with Crippen LogP contribution < -0.4 is 0 Å². The van der Waals surface area contributed by atoms with Crippen LogP contribution in [0, 0.1) is 17.8 Å². The Bertz CT molecular complexity index is 359. The maximum absolute atomic E-state index is 13.6. The molecule has 4 heteroatoms. The van der Waals surface area contributed by atoms with E-state index in [4.69, 9.17) is 4.74 Å². The summed E-state index contributed by atoms with van der Waals surface area (Å²) in [5, 5.41) is 10.9. The van der Waals surface area contributed by atoms with E-state index in [0.29, 0.717) is 32.5 Å². The van der Waals surface area contributed by atoms with Gasteiger partial charge in [0.25, 0.3) is 0 Å². The van der Waals surface area contributed by atoms with Gasteiger partial charge in [-0.2, -0.15) is 0 Å². The molecule has 0 heterocycles. The SMILES string of the molecule is C=CCC1(O)C[C@@H]2CC(F)(F)CC[C@H]2[C@@H]1COCCCC. The van der Waals surface area contributed by atoms with E-state index >= 15 is 0 Å². The molecular formula is C17H28F2O2. The Morgan fingerprint density at radius 2 is 2.14 bits per heavy atom. The lowest BCUT2D eigenvalue weighted by Gasteiger charge is -2.35. The van der Waals surface area contributed by atoms with Crippen LogP contribution in [0.15, 0.2) is 12.7 Å². The Labute approximate surface area is 126 Å². The van der Waals surface area contributed by atoms with Gasteiger partial charge in [0, 0.05) is 25.4 Å². The van der Waals surface area contributed by atoms with E-state index in [9.17, 15) is 13.9 Å². The molecule has 2 aliphatic rings. The zero-order chi connectivity index (χ0) is 15.5. The molecule has 0 radical (unpaired) electrons. The minimum atomic E-state index is -2.56. The number of hydrogen-bond donors (Lipinski definition) is 1. The summed E-state index contributed by atoms with van der Waals surface area (Å²) in [6, 6.07) is 0. The third-order valence-corrected chi connectivity index (χ3v) is 5.27. The zero-order valence-electron chi connectivity index (χ0n) is 13.0. The summed E-state index contributed by atoms with van der Waals surface area (Å²) < 4.78 is 33.0. The fourth-order valence-electron chi connectivity index (χ4n) is 4.23. The van der Waals surface area contributed by atoms with Crippen molar-refractivity contribution in [3.8, 4) is 0 Å². The van der Waals surface area contributed by atoms with Crippen molar-refractivity contribution in [3.05, 3.63) is 12.7 Å². The van der Waals surface area contributed by atoms with Gasteiger partial charge in [-0.1, -0.05) is 19.4 Å². The second-order valence-electron chi connectivity index (χ2n) is 6.86. The highest BCUT2D eigenvalue weighted by Crippen LogP contribution is 2.55. The highest BCUT2D eigenvalue weighted by molar-refractivity contribution is 5.06. The molecule has 0 aromatic rings. The average Bonchev–Trinajstić information content (AvgIpc) is 2.65. The van der Waals surface area contributed by atoms with Crippen LogP contribution in [0.5, 0.6) is 0 Å². The summed E-state index contributed by atoms with van der Waals surface area (Å²) in [7, 11) is 0. The molecule has 0 aromatic heterocycles. The normalized spacial score (nSPS) is 38.2. The van der Waals surface area contributed by atoms with Crippen molar-refractivity contribution in [2.75, 3.05) is 13.2 Å². The van der Waals surface area contributed by atoms with Crippen molar-refractivity contribution < 1.29 is 18.6 Å². The van der Waals surface area contributed by atoms with Gasteiger partial charge in [-0.3, -0.25) is 0 Å². The monoisotopic (exact) mass is 302 g/mol. The first-order chi connectivity index (χ1) is 9.92. The summed E-state index contributed by atoms with van der Waals surface area (Å²) in [6.07, 6.45) is 5.06. The number of aliphatic hydroxyl groups is 1. The van der Waals surface area contributed by atoms with Crippen molar-refractivity contribution >= 4 is 0 Å². The predicted octanol–water partition coefficient (Wildman–Crippen LogP) is 4.18. The maximum Gasteiger partial charge on any atom is 0.248 e. The fourth-order valence-corrected chi connectivity index (χ4v) is 4.23. The molecule has 0 saturated heterocycles. The highest BCUT2D eigenvalue weighted by Gasteiger charge is 2.56. The van der Waals surface area contributed by atoms with E-state index in [-0.39, 0.29) is 30.6 Å². The van der Waals surface area contributed by atoms with E-state index in [1.165, 1.54) is 0 Å². The van der Waals surface area contributed by atoms with Gasteiger partial charge in [0.15, 0.2) is 0 Å². The van der Waals surface area contributed by atoms with Crippen LogP contribution in [-0.4, -0.2) is 29.8 Å². The topological polar surface area (TPSA) is 29.5 Å². The minimum absolute atomic E-state index is 0.0338. The minimum Gasteiger partial charge on any atom is -0.389 e. The first-order valence-corrected chi connectivity index (χ1v) is 8.21. The number of alkyl halides is 2. The largest absolute Gasteiger partial charge is 0.389 e. The predicted molar refractivity (Wildman–Crippen MR) is 79.4 cm³/mol. The molecule has 0 amide bonds. The Morgan fingerprint density at radius 1 is 1.38 bits per heavy atom. The lowest BCUT2D eigenvalue weighted by Crippen LogP contribution is -2.39. The van der Waals surface area contributed by atoms with Gasteiger partial charge >= 0.3 is 0 Å². The van der Waals surface area contributed by atoms with E-state index in [1.54, 1.807) is 6.08 Å². The van der Waals surface area contributed by atoms with Crippen molar-refractivity contribution in [1.29, 1.82) is 0 Å². The van der Waals surface area contributed by atoms with Crippen LogP contribution in [0.1, 0.15) is 51.9 Å². The van der Waals surface area contributed by atoms with Gasteiger partial charge in [-0.05, 0) is 37.5 Å². The van der Waals surface area contributed by atoms with Gasteiger partial charge in [0.1, 0.15) is 0 Å². The van der Waals surface area contributed by atoms with Crippen molar-refractivity contribution in [1.82, 2.24) is 0 Å². The fraction of sp³-hybridized carbons (Fsp3) is 0.882. The Morgan fingerprint density at radius 3 is 2.81 bits per heavy atom. The first-order valence-electron chi connectivity index (χ1n) is 8.21. The molecule has 0 bridgehead atoms. The summed E-state index contributed by atoms with van der Waals surface area (Å²) in [6.45, 7) is 6.98. The van der Waals surface area contributed by atoms with Gasteiger partial charge < -0.3 is 9.84 Å². The van der Waals surface area contributed by atoms with Crippen LogP contribution in [0.4, 0.5) is 8.78 Å². The van der Waals surface area contributed by atoms with Gasteiger partial charge in [-0.15, -0.1) is 6.58 Å². The van der Waals surface area contributed by atoms with Crippen LogP contribution in [0.3, 0.4) is 0 Å². The second-order valence-corrected chi connectivity index (χ2v) is 6.86. The van der Waals surface area contributed by atoms with E-state index < -0.39 is 11.5 Å². The molecule has 2 rings (SSSR count). The molecule has 21 heavy (non-hydrogen) atoms. The quantitative estimate of drug-likeness (QED) is 0.564. The smallest absolute Gasteiger partial charge is 0.248 e. The Hall–Kier alpha value is -0.480. The summed E-state index contributed by atoms with van der Waals surface area (Å²) in [5.41, 5.74) is -0.913. The van der Waals surface area contributed by atoms with Gasteiger partial charge in [0.2, 0.25) is 5.92 Å². The molecule has 0 aromatic carbocycles. The number of unbranched alkanes of at least 4 members (excludes halogenated alkanes) is 1. The lowest BCUT2D eigenvalue weighted by atomic mass is 9.75. The van der Waals surface area contributed by atoms with E-state index in [0.717, 1.165) is 12.8 Å². The molecule has 1 N–H and O–H groups in total. The molecule has 0 spiro atoms. The number of fused-ring (bicyclic) bond motifs is 1. The van der Waals surface area contributed by atoms with Crippen LogP contribution in [0.25, 0.3) is 0 Å². The Balaban J connectivity index is 2.04. The van der Waals surface area contributed by atoms with Crippen molar-refractivity contribution in [2.45, 2.75) is 63.4 Å². The number of ether oxygens (including phenoxy) is 1. The summed E-state index contributed by atoms with van der Waals surface area (Å²) in [5.74, 6) is -2.52. The molecule has 2 saturated carbocycles. The molecule has 1 unspecified atom stereocenters. The third kappa shape index (κ3) is 3.84. The zero-order valence-corrected chi connectivity index (χ0v) is 13.0. The molecular weight excluding hydrogens is 274 g/mol. The molecule has 4 atom stereocenters. The first kappa shape index (κ1) is 16.9. The number of halogens is 2. The highest BCUT2D eigenvalue weighted by atomic mass is 19.3. The third-order valence-electron chi connectivity index (χ3n) is 5.27. The van der Waals surface area contributed by atoms with Gasteiger partial charge in [-0.25, -0.2) is 8.78 Å². The molecule has 2 fully saturated rings. The van der Waals surface area contributed by atoms with E-state index in [1.807, 2.05) is 0 Å². The molecule has 2 aliphatic carbocycles. The lowest BCUT2D eigenvalue weighted by molar-refractivity contribution is -0.0763. The molecule has 122 valence electrons. The van der Waals surface area contributed by atoms with Crippen molar-refractivity contribution in [2.24, 2.45) is 17.8 Å². The Kier molecular flexibility index (Phi) is 5.42. The molecule has 0 aliphatic heterocycles. The second kappa shape index (κ2) is 6.74. The summed E-state index contributed by atoms with van der Waals surface area (Å²) >= 11 is 0. The van der Waals surface area contributed by atoms with E-state index in [2.05, 4.69) is 13.5 Å². The number of hydrogen-bond acceptors (Lipinski definition) is 2. The number of rotatable bonds is 7. The molecule has 2 nitrogen and oxygen atoms in total. The standard InChI is InChI=1S/C17H28F2O2/c1-3-5-9-21-12-15-14-6-8-17(18,19)11-13(14)10-16(15,20)7-4-2/h4,13-15,20H,2-3,5-12H2,1H3/t13-,14-,15+,16?/m1/s1. The van der Waals surface area contributed by atoms with Crippen molar-refractivity contribution in [3.63, 3.8) is 0 Å². The average molecular weight is 302 g/mol. The maximum atomic E-state index is 13.6. The van der Waals surface area contributed by atoms with Crippen LogP contribution in [0.2, 0.25) is 0 Å². The van der Waals surface area contributed by atoms with Crippen LogP contribution >= 0.6 is 0 Å². The van der Waals surface area contributed by atoms with Crippen LogP contribution in [-0.2, 0) is 4.74 Å². The van der Waals surface area contributed by atoms with Gasteiger partial charge in [0.05, 0.1) is 12.2 Å².